The van der Waals surface area contributed by atoms with E-state index in [1.165, 1.54) is 12.3 Å². The van der Waals surface area contributed by atoms with Crippen LogP contribution in [0.1, 0.15) is 64.6 Å². The number of primary amides is 2. The third kappa shape index (κ3) is 7.78. The number of aryl methyl sites for hydroxylation is 2. The molecule has 0 radical (unpaired) electrons. The lowest BCUT2D eigenvalue weighted by atomic mass is 10.1. The lowest BCUT2D eigenvalue weighted by Gasteiger charge is -2.36. The number of pyridine rings is 1. The number of aromatic nitrogens is 7. The first-order valence-corrected chi connectivity index (χ1v) is 19.4. The summed E-state index contributed by atoms with van der Waals surface area (Å²) in [6.07, 6.45) is 5.09. The fraction of sp³-hybridized carbons (Fsp3) is 0.382. The third-order valence-corrected chi connectivity index (χ3v) is 13.5. The molecule has 0 aliphatic rings. The summed E-state index contributed by atoms with van der Waals surface area (Å²) in [6, 6.07) is 6.39. The zero-order valence-electron chi connectivity index (χ0n) is 30.0. The summed E-state index contributed by atoms with van der Waals surface area (Å²) >= 11 is 0. The Morgan fingerprint density at radius 1 is 0.941 bits per heavy atom. The Morgan fingerprint density at radius 3 is 2.25 bits per heavy atom. The lowest BCUT2D eigenvalue weighted by molar-refractivity contribution is 0.0991. The largest absolute Gasteiger partial charge is 0.489 e. The van der Waals surface area contributed by atoms with Crippen molar-refractivity contribution in [3.05, 3.63) is 65.1 Å². The minimum absolute atomic E-state index is 0.0430. The van der Waals surface area contributed by atoms with Crippen molar-refractivity contribution in [2.75, 3.05) is 24.3 Å². The molecular formula is C34H45N11O5Si. The predicted molar refractivity (Wildman–Crippen MR) is 197 cm³/mol. The van der Waals surface area contributed by atoms with Gasteiger partial charge in [0.15, 0.2) is 14.0 Å². The number of nitrogens with two attached hydrogens (primary N) is 3. The number of hydrogen-bond acceptors (Lipinski definition) is 10. The Morgan fingerprint density at radius 2 is 1.61 bits per heavy atom. The van der Waals surface area contributed by atoms with Gasteiger partial charge < -0.3 is 30.9 Å². The van der Waals surface area contributed by atoms with E-state index in [2.05, 4.69) is 59.2 Å². The quantitative estimate of drug-likeness (QED) is 0.0734. The molecule has 7 N–H and O–H groups in total. The molecule has 0 atom stereocenters. The molecule has 4 aromatic heterocycles. The predicted octanol–water partition coefficient (Wildman–Crippen LogP) is 4.00. The van der Waals surface area contributed by atoms with E-state index in [0.717, 1.165) is 0 Å². The molecule has 51 heavy (non-hydrogen) atoms. The number of allylic oxidation sites excluding steroid dienone is 2. The van der Waals surface area contributed by atoms with Gasteiger partial charge in [-0.2, -0.15) is 5.10 Å². The number of hydrogen-bond donors (Lipinski definition) is 4. The Bertz CT molecular complexity index is 2160. The number of nitrogen functional groups attached to an aromatic ring is 1. The number of fused-ring (bicyclic) bond motifs is 2. The van der Waals surface area contributed by atoms with Gasteiger partial charge in [0.25, 0.3) is 5.91 Å². The van der Waals surface area contributed by atoms with Crippen molar-refractivity contribution in [2.24, 2.45) is 11.5 Å². The average molecular weight is 716 g/mol. The highest BCUT2D eigenvalue weighted by Gasteiger charge is 2.37. The van der Waals surface area contributed by atoms with Crippen molar-refractivity contribution in [1.29, 1.82) is 0 Å². The van der Waals surface area contributed by atoms with Gasteiger partial charge in [0.2, 0.25) is 23.7 Å². The Hall–Kier alpha value is -5.55. The minimum atomic E-state index is -2.00. The number of carbonyl (C=O) groups excluding carboxylic acids is 3. The van der Waals surface area contributed by atoms with Crippen LogP contribution in [0, 0.1) is 6.92 Å². The first-order valence-electron chi connectivity index (χ1n) is 16.5. The number of ether oxygens (including phenoxy) is 1. The van der Waals surface area contributed by atoms with Crippen LogP contribution in [0.4, 0.5) is 11.9 Å². The van der Waals surface area contributed by atoms with Crippen LogP contribution < -0.4 is 27.3 Å². The van der Waals surface area contributed by atoms with Gasteiger partial charge in [-0.05, 0) is 56.2 Å². The van der Waals surface area contributed by atoms with Crippen molar-refractivity contribution in [2.45, 2.75) is 72.4 Å². The molecule has 0 saturated heterocycles. The molecule has 0 aliphatic carbocycles. The molecule has 1 aromatic carbocycles. The van der Waals surface area contributed by atoms with Gasteiger partial charge in [0, 0.05) is 31.4 Å². The number of benzene rings is 1. The fourth-order valence-electron chi connectivity index (χ4n) is 5.26. The highest BCUT2D eigenvalue weighted by atomic mass is 28.4. The molecule has 0 unspecified atom stereocenters. The van der Waals surface area contributed by atoms with E-state index < -0.39 is 26.0 Å². The monoisotopic (exact) mass is 715 g/mol. The van der Waals surface area contributed by atoms with Gasteiger partial charge in [0.05, 0.1) is 23.4 Å². The van der Waals surface area contributed by atoms with Crippen molar-refractivity contribution in [1.82, 2.24) is 33.9 Å². The van der Waals surface area contributed by atoms with Crippen LogP contribution in [0.3, 0.4) is 0 Å². The van der Waals surface area contributed by atoms with Crippen molar-refractivity contribution in [3.63, 3.8) is 0 Å². The maximum absolute atomic E-state index is 13.3. The molecule has 0 fully saturated rings. The van der Waals surface area contributed by atoms with Crippen LogP contribution in [0.2, 0.25) is 18.1 Å². The topological polar surface area (TPSA) is 226 Å². The molecule has 0 aliphatic heterocycles. The molecule has 16 nitrogen and oxygen atoms in total. The molecule has 5 rings (SSSR count). The molecule has 17 heteroatoms. The molecule has 0 spiro atoms. The highest BCUT2D eigenvalue weighted by Crippen LogP contribution is 2.36. The molecule has 0 saturated carbocycles. The summed E-state index contributed by atoms with van der Waals surface area (Å²) in [5, 5.41) is 7.27. The zero-order chi connectivity index (χ0) is 37.2. The second-order valence-electron chi connectivity index (χ2n) is 13.6. The van der Waals surface area contributed by atoms with Crippen LogP contribution in [0.5, 0.6) is 5.75 Å². The van der Waals surface area contributed by atoms with Crippen LogP contribution in [-0.4, -0.2) is 73.1 Å². The molecule has 0 bridgehead atoms. The van der Waals surface area contributed by atoms with E-state index in [9.17, 15) is 14.4 Å². The average Bonchev–Trinajstić information content (AvgIpc) is 3.71. The summed E-state index contributed by atoms with van der Waals surface area (Å²) in [5.74, 6) is -0.830. The molecule has 3 amide bonds. The number of anilines is 2. The second kappa shape index (κ2) is 14.4. The van der Waals surface area contributed by atoms with Gasteiger partial charge in [-0.25, -0.2) is 15.0 Å². The highest BCUT2D eigenvalue weighted by molar-refractivity contribution is 6.74. The first-order chi connectivity index (χ1) is 24.0. The summed E-state index contributed by atoms with van der Waals surface area (Å²) in [6.45, 7) is 16.2. The van der Waals surface area contributed by atoms with Crippen molar-refractivity contribution in [3.8, 4) is 5.75 Å². The number of amides is 3. The fourth-order valence-corrected chi connectivity index (χ4v) is 6.29. The smallest absolute Gasteiger partial charge is 0.276 e. The number of imidazole rings is 2. The summed E-state index contributed by atoms with van der Waals surface area (Å²) in [4.78, 5) is 50.8. The first kappa shape index (κ1) is 36.7. The van der Waals surface area contributed by atoms with Crippen LogP contribution in [0.25, 0.3) is 22.2 Å². The third-order valence-electron chi connectivity index (χ3n) is 9.00. The molecule has 4 heterocycles. The van der Waals surface area contributed by atoms with Gasteiger partial charge in [-0.3, -0.25) is 28.9 Å². The number of rotatable bonds is 14. The van der Waals surface area contributed by atoms with E-state index in [-0.39, 0.29) is 47.8 Å². The van der Waals surface area contributed by atoms with E-state index in [0.29, 0.717) is 52.5 Å². The molecule has 270 valence electrons. The summed E-state index contributed by atoms with van der Waals surface area (Å²) in [5.41, 5.74) is 20.8. The zero-order valence-corrected chi connectivity index (χ0v) is 31.0. The van der Waals surface area contributed by atoms with Crippen molar-refractivity contribution < 1.29 is 23.5 Å². The van der Waals surface area contributed by atoms with Crippen LogP contribution in [0.15, 0.2) is 42.6 Å². The Labute approximate surface area is 296 Å². The van der Waals surface area contributed by atoms with Gasteiger partial charge in [0.1, 0.15) is 29.1 Å². The summed E-state index contributed by atoms with van der Waals surface area (Å²) < 4.78 is 17.5. The molecular weight excluding hydrogens is 671 g/mol. The Kier molecular flexibility index (Phi) is 10.3. The van der Waals surface area contributed by atoms with E-state index in [1.807, 2.05) is 26.0 Å². The standard InChI is InChI=1S/C34H45N11O5Si/c1-8-45-25(15-20(2)42-45)31(48)41-33-40-24-17-22(29(36)47)19-38-30(24)44(33)12-10-9-11-43-27-23(39-32(43)37)16-21(28(35)46)18-26(27)49-13-14-50-51(6,7)34(3,4)5/h9-10,15-19H,8,11-14H2,1-7H3,(H2,35,46)(H2,36,47)(H2,37,39)(H,40,41,48)/b10-9+. The van der Waals surface area contributed by atoms with Gasteiger partial charge >= 0.3 is 0 Å². The number of carbonyl (C=O) groups is 3. The number of nitrogens with one attached hydrogen (secondary N) is 1. The maximum Gasteiger partial charge on any atom is 0.276 e. The normalized spacial score (nSPS) is 12.3. The maximum atomic E-state index is 13.3. The minimum Gasteiger partial charge on any atom is -0.489 e. The van der Waals surface area contributed by atoms with Crippen LogP contribution in [-0.2, 0) is 24.1 Å². The molecule has 5 aromatic rings. The van der Waals surface area contributed by atoms with Gasteiger partial charge in [-0.15, -0.1) is 0 Å². The number of nitrogens with zero attached hydrogens (tertiary/aromatic N) is 7. The van der Waals surface area contributed by atoms with Gasteiger partial charge in [-0.1, -0.05) is 32.9 Å². The van der Waals surface area contributed by atoms with E-state index in [1.54, 1.807) is 32.0 Å². The second-order valence-corrected chi connectivity index (χ2v) is 18.4. The van der Waals surface area contributed by atoms with Crippen LogP contribution >= 0.6 is 0 Å². The van der Waals surface area contributed by atoms with E-state index in [4.69, 9.17) is 26.4 Å². The summed E-state index contributed by atoms with van der Waals surface area (Å²) in [7, 11) is -2.00. The lowest BCUT2D eigenvalue weighted by Crippen LogP contribution is -2.41. The van der Waals surface area contributed by atoms with Crippen molar-refractivity contribution >= 4 is 60.1 Å². The Balaban J connectivity index is 1.41. The van der Waals surface area contributed by atoms with E-state index >= 15 is 0 Å². The SMILES string of the molecule is CCn1nc(C)cc1C(=O)Nc1nc2cc(C(N)=O)cnc2n1C/C=C/Cn1c(N)nc2cc(C(N)=O)cc(OCCO[Si](C)(C)C(C)(C)C)c21.